The summed E-state index contributed by atoms with van der Waals surface area (Å²) in [6.45, 7) is 16.6. The van der Waals surface area contributed by atoms with Crippen LogP contribution < -0.4 is 26.6 Å². The monoisotopic (exact) mass is 1730 g/mol. The van der Waals surface area contributed by atoms with Crippen molar-refractivity contribution >= 4 is 89.3 Å². The number of fused-ring (bicyclic) bond motifs is 36. The number of hydrogen-bond acceptors (Lipinski definition) is 35. The number of hydrogen-bond donors (Lipinski definition) is 5. The second-order valence-corrected chi connectivity index (χ2v) is 46.5. The number of nitrogens with zero attached hydrogens (tertiary/aromatic N) is 5. The van der Waals surface area contributed by atoms with Gasteiger partial charge in [0.2, 0.25) is 0 Å². The van der Waals surface area contributed by atoms with Crippen LogP contribution in [-0.2, 0) is 113 Å². The fourth-order valence-electron chi connectivity index (χ4n) is 15.6. The first-order valence-electron chi connectivity index (χ1n) is 41.6. The van der Waals surface area contributed by atoms with Crippen LogP contribution in [0.5, 0.6) is 0 Å². The maximum absolute atomic E-state index is 15.0. The van der Waals surface area contributed by atoms with Crippen molar-refractivity contribution < 1.29 is 137 Å². The molecule has 0 radical (unpaired) electrons. The van der Waals surface area contributed by atoms with Crippen LogP contribution in [0, 0.1) is 5.92 Å². The zero-order chi connectivity index (χ0) is 79.0. The number of unbranched alkanes of at least 4 members (excludes halogenated alkanes) is 1. The Bertz CT molecular complexity index is 2630. The van der Waals surface area contributed by atoms with E-state index in [1.54, 1.807) is 0 Å². The molecule has 18 heterocycles. The average Bonchev–Trinajstić information content (AvgIpc) is 0.844. The van der Waals surface area contributed by atoms with Crippen LogP contribution >= 0.6 is 0 Å². The summed E-state index contributed by atoms with van der Waals surface area (Å²) in [6, 6.07) is 2.14. The number of rotatable bonds is 36. The number of carbonyl (C=O) groups excluding carboxylic acids is 6. The van der Waals surface area contributed by atoms with Crippen LogP contribution in [0.25, 0.3) is 0 Å². The normalized spacial score (nSPS) is 33.1. The van der Waals surface area contributed by atoms with Gasteiger partial charge in [-0.25, -0.2) is 24.0 Å². The molecule has 0 saturated carbocycles. The standard InChI is InChI=1S/C68H124N10O30Si6/c79-61(8-1-2-50-109-87-32-9-58(10-33-88-109)11-34-89-109)85-56-59(105-65(81)70-13-4-52-111-93-38-20-75(21-39-94-111)22-40-95-111)62(107-67(83)72-15-6-54-113-99-44-26-77(27-45-100-113)28-46-101-113)63(108-68(84)73-16-7-55-114-102-47-29-78(30-48-103-114)31-49-104-114)60(106-66(82)71-14-5-53-112-96-41-23-76(24-42-97-112)25-43-98-112)57-86-64(80)69-12-3-51-110-90-35-17-74(18-36-91-110)19-37-92-110/h58-60,62-63H,1-57H2,(H,69,80)(H,70,81)(H,71,82)(H,72,83)(H,73,84). The Kier molecular flexibility index (Phi) is 36.3. The number of nitrogens with one attached hydrogen (secondary N) is 5. The number of carbonyl (C=O) groups is 6. The molecule has 18 rings (SSSR count). The lowest BCUT2D eigenvalue weighted by Crippen LogP contribution is -2.57. The maximum Gasteiger partial charge on any atom is 0.501 e. The largest absolute Gasteiger partial charge is 0.501 e. The van der Waals surface area contributed by atoms with Crippen LogP contribution in [0.15, 0.2) is 0 Å². The molecule has 0 spiro atoms. The molecule has 650 valence electrons. The van der Waals surface area contributed by atoms with Crippen LogP contribution in [0.2, 0.25) is 36.3 Å². The van der Waals surface area contributed by atoms with E-state index >= 15 is 9.59 Å². The highest BCUT2D eigenvalue weighted by molar-refractivity contribution is 6.62. The van der Waals surface area contributed by atoms with Gasteiger partial charge in [0, 0.05) is 193 Å². The Balaban J connectivity index is 0.827. The van der Waals surface area contributed by atoms with Gasteiger partial charge in [0.1, 0.15) is 13.2 Å². The SMILES string of the molecule is O=C(CCCC[Si]12OCCC(CCO1)CCO2)OCC(OC(=O)NCCC[Si]12OCCN(CCO1)CCO2)C(OC(=O)NCCC[Si]12OCCN(CCO1)CCO2)C(OC(=O)NCCC[Si]12OCCN(CCO1)CCO2)C(COC(=O)NCCC[Si]12OCCN(CCO1)CCO2)OC(=O)NCCC[Si]12OCCN(CCO1)CCO2. The predicted molar refractivity (Wildman–Crippen MR) is 410 cm³/mol. The summed E-state index contributed by atoms with van der Waals surface area (Å²) in [5.41, 5.74) is 0. The van der Waals surface area contributed by atoms with Gasteiger partial charge >= 0.3 is 89.3 Å². The Labute approximate surface area is 674 Å². The van der Waals surface area contributed by atoms with Gasteiger partial charge in [-0.3, -0.25) is 29.3 Å². The molecule has 0 aliphatic carbocycles. The smallest absolute Gasteiger partial charge is 0.462 e. The number of ether oxygens (including phenoxy) is 6. The minimum atomic E-state index is -3.23. The lowest BCUT2D eigenvalue weighted by molar-refractivity contribution is -0.157. The van der Waals surface area contributed by atoms with Gasteiger partial charge in [-0.05, 0) is 70.1 Å². The van der Waals surface area contributed by atoms with Gasteiger partial charge in [-0.1, -0.05) is 0 Å². The summed E-state index contributed by atoms with van der Waals surface area (Å²) in [5.74, 6) is -0.288. The second kappa shape index (κ2) is 46.3. The molecule has 18 aliphatic rings. The summed E-state index contributed by atoms with van der Waals surface area (Å²) in [7, 11) is -19.0. The molecule has 0 aromatic heterocycles. The molecule has 0 aromatic carbocycles. The Morgan fingerprint density at radius 3 is 0.754 bits per heavy atom. The minimum absolute atomic E-state index is 0.0144. The first-order chi connectivity index (χ1) is 55.6. The number of esters is 1. The van der Waals surface area contributed by atoms with Crippen molar-refractivity contribution in [2.24, 2.45) is 5.92 Å². The molecule has 5 N–H and O–H groups in total. The molecule has 5 amide bonds. The molecule has 18 saturated heterocycles. The fraction of sp³-hybridized carbons (Fsp3) is 0.912. The fourth-order valence-corrected chi connectivity index (χ4v) is 30.7. The molecule has 12 bridgehead atoms. The van der Waals surface area contributed by atoms with E-state index < -0.39 is 127 Å². The number of alkyl carbamates (subject to hydrolysis) is 5. The van der Waals surface area contributed by atoms with Gasteiger partial charge in [-0.15, -0.1) is 0 Å². The summed E-state index contributed by atoms with van der Waals surface area (Å²) in [5, 5.41) is 13.9. The van der Waals surface area contributed by atoms with Crippen molar-refractivity contribution in [2.75, 3.05) is 263 Å². The third kappa shape index (κ3) is 28.7. The van der Waals surface area contributed by atoms with Crippen LogP contribution in [-0.4, -0.2) is 401 Å². The highest BCUT2D eigenvalue weighted by Crippen LogP contribution is 2.32. The van der Waals surface area contributed by atoms with E-state index in [1.165, 1.54) is 0 Å². The third-order valence-corrected chi connectivity index (χ3v) is 39.5. The Morgan fingerprint density at radius 1 is 0.272 bits per heavy atom. The summed E-state index contributed by atoms with van der Waals surface area (Å²) < 4.78 is 151. The van der Waals surface area contributed by atoms with Crippen LogP contribution in [0.3, 0.4) is 0 Å². The summed E-state index contributed by atoms with van der Waals surface area (Å²) >= 11 is 0. The van der Waals surface area contributed by atoms with Crippen molar-refractivity contribution in [1.29, 1.82) is 0 Å². The van der Waals surface area contributed by atoms with Gasteiger partial charge in [0.25, 0.3) is 0 Å². The first-order valence-corrected chi connectivity index (χ1v) is 53.2. The van der Waals surface area contributed by atoms with Crippen molar-refractivity contribution in [2.45, 2.75) is 131 Å². The van der Waals surface area contributed by atoms with E-state index in [0.717, 1.165) is 78.2 Å². The van der Waals surface area contributed by atoms with E-state index in [4.69, 9.17) is 108 Å². The van der Waals surface area contributed by atoms with E-state index in [1.807, 2.05) is 0 Å². The predicted octanol–water partition coefficient (Wildman–Crippen LogP) is 1.15. The van der Waals surface area contributed by atoms with Crippen LogP contribution in [0.4, 0.5) is 24.0 Å². The van der Waals surface area contributed by atoms with Crippen LogP contribution in [0.1, 0.15) is 70.6 Å². The molecular weight excluding hydrogens is 1610 g/mol. The summed E-state index contributed by atoms with van der Waals surface area (Å²) in [6.07, 6.45) is -8.66. The van der Waals surface area contributed by atoms with Crippen molar-refractivity contribution in [3.63, 3.8) is 0 Å². The molecule has 114 heavy (non-hydrogen) atoms. The van der Waals surface area contributed by atoms with Crippen molar-refractivity contribution in [3.05, 3.63) is 0 Å². The third-order valence-electron chi connectivity index (χ3n) is 22.1. The average molecular weight is 1730 g/mol. The lowest BCUT2D eigenvalue weighted by atomic mass is 9.99. The highest BCUT2D eigenvalue weighted by atomic mass is 28.4. The summed E-state index contributed by atoms with van der Waals surface area (Å²) in [4.78, 5) is 99.3. The molecule has 18 aliphatic heterocycles. The van der Waals surface area contributed by atoms with E-state index in [2.05, 4.69) is 51.1 Å². The minimum Gasteiger partial charge on any atom is -0.462 e. The molecule has 46 heteroatoms. The quantitative estimate of drug-likeness (QED) is 0.0254. The lowest BCUT2D eigenvalue weighted by Gasteiger charge is -2.38. The van der Waals surface area contributed by atoms with Crippen molar-refractivity contribution in [1.82, 2.24) is 51.1 Å². The second-order valence-electron chi connectivity index (χ2n) is 30.1. The zero-order valence-electron chi connectivity index (χ0n) is 66.2. The van der Waals surface area contributed by atoms with Gasteiger partial charge < -0.3 is 135 Å². The maximum atomic E-state index is 15.0. The molecule has 4 atom stereocenters. The molecule has 40 nitrogen and oxygen atoms in total. The molecule has 18 fully saturated rings. The highest BCUT2D eigenvalue weighted by Gasteiger charge is 2.52. The Morgan fingerprint density at radius 2 is 0.491 bits per heavy atom. The van der Waals surface area contributed by atoms with Gasteiger partial charge in [0.15, 0.2) is 24.4 Å². The molecule has 0 aromatic rings. The molecular formula is C68H124N10O30Si6. The van der Waals surface area contributed by atoms with E-state index in [9.17, 15) is 19.2 Å². The number of amides is 5. The van der Waals surface area contributed by atoms with Crippen molar-refractivity contribution in [3.8, 4) is 0 Å². The zero-order valence-corrected chi connectivity index (χ0v) is 72.2. The molecule has 4 unspecified atom stereocenters. The van der Waals surface area contributed by atoms with E-state index in [-0.39, 0.29) is 52.0 Å². The van der Waals surface area contributed by atoms with Gasteiger partial charge in [0.05, 0.1) is 99.1 Å². The van der Waals surface area contributed by atoms with E-state index in [0.29, 0.717) is 232 Å². The first kappa shape index (κ1) is 89.5. The van der Waals surface area contributed by atoms with Gasteiger partial charge in [-0.2, -0.15) is 0 Å². The topological polar surface area (TPSA) is 400 Å². The Hall–Kier alpha value is -3.80.